The number of ketones is 1. The Bertz CT molecular complexity index is 1190. The zero-order chi connectivity index (χ0) is 28.0. The Kier molecular flexibility index (Phi) is 10.7. The molecule has 0 radical (unpaired) electrons. The largest absolute Gasteiger partial charge is 0.461 e. The third kappa shape index (κ3) is 7.09. The number of sulfonamides is 1. The number of hydrogen-bond acceptors (Lipinski definition) is 6. The molecule has 0 saturated carbocycles. The lowest BCUT2D eigenvalue weighted by molar-refractivity contribution is 0.0512. The van der Waals surface area contributed by atoms with Gasteiger partial charge in [0.1, 0.15) is 5.69 Å². The van der Waals surface area contributed by atoms with Crippen molar-refractivity contribution >= 4 is 21.8 Å². The molecule has 9 heteroatoms. The maximum absolute atomic E-state index is 13.7. The molecule has 0 amide bonds. The van der Waals surface area contributed by atoms with E-state index in [4.69, 9.17) is 9.47 Å². The normalized spacial score (nSPS) is 12.2. The number of rotatable bonds is 13. The number of ether oxygens (including phenoxy) is 2. The minimum absolute atomic E-state index is 0.118. The molecule has 0 unspecified atom stereocenters. The minimum atomic E-state index is -3.95. The summed E-state index contributed by atoms with van der Waals surface area (Å²) in [7, 11) is -3.95. The van der Waals surface area contributed by atoms with E-state index in [1.54, 1.807) is 37.5 Å². The highest BCUT2D eigenvalue weighted by Crippen LogP contribution is 2.27. The Balaban J connectivity index is 2.46. The first-order valence-corrected chi connectivity index (χ1v) is 14.3. The van der Waals surface area contributed by atoms with Crippen molar-refractivity contribution in [3.05, 3.63) is 52.3 Å². The van der Waals surface area contributed by atoms with Gasteiger partial charge in [0.2, 0.25) is 10.0 Å². The van der Waals surface area contributed by atoms with Crippen molar-refractivity contribution in [2.45, 2.75) is 78.7 Å². The summed E-state index contributed by atoms with van der Waals surface area (Å²) in [6.07, 6.45) is 0.447. The molecular formula is C28H42N2O6S. The smallest absolute Gasteiger partial charge is 0.355 e. The third-order valence-electron chi connectivity index (χ3n) is 6.41. The van der Waals surface area contributed by atoms with Gasteiger partial charge in [0.15, 0.2) is 5.78 Å². The van der Waals surface area contributed by atoms with E-state index >= 15 is 0 Å². The van der Waals surface area contributed by atoms with E-state index < -0.39 is 16.0 Å². The minimum Gasteiger partial charge on any atom is -0.461 e. The van der Waals surface area contributed by atoms with E-state index in [0.29, 0.717) is 48.7 Å². The summed E-state index contributed by atoms with van der Waals surface area (Å²) in [5, 5.41) is 0. The molecule has 0 aliphatic heterocycles. The Labute approximate surface area is 222 Å². The van der Waals surface area contributed by atoms with Crippen LogP contribution in [0.15, 0.2) is 29.2 Å². The van der Waals surface area contributed by atoms with Crippen LogP contribution in [0.1, 0.15) is 85.6 Å². The fourth-order valence-corrected chi connectivity index (χ4v) is 5.89. The lowest BCUT2D eigenvalue weighted by atomic mass is 9.87. The van der Waals surface area contributed by atoms with Crippen molar-refractivity contribution in [3.8, 4) is 0 Å². The van der Waals surface area contributed by atoms with Gasteiger partial charge in [0.25, 0.3) is 0 Å². The van der Waals surface area contributed by atoms with E-state index in [1.807, 2.05) is 26.0 Å². The SMILES string of the molecule is CCOCCCN(CC(=O)c1c(C)c(C(=O)OCC)n(CC)c1C)S(=O)(=O)c1ccc(C(C)(C)C)cc1. The first-order chi connectivity index (χ1) is 17.3. The molecule has 8 nitrogen and oxygen atoms in total. The van der Waals surface area contributed by atoms with Crippen LogP contribution in [0.2, 0.25) is 0 Å². The van der Waals surface area contributed by atoms with Crippen molar-refractivity contribution in [3.63, 3.8) is 0 Å². The number of esters is 1. The van der Waals surface area contributed by atoms with Gasteiger partial charge in [-0.1, -0.05) is 32.9 Å². The van der Waals surface area contributed by atoms with Gasteiger partial charge in [-0.05, 0) is 69.7 Å². The number of carbonyl (C=O) groups excluding carboxylic acids is 2. The Morgan fingerprint density at radius 1 is 1.00 bits per heavy atom. The maximum atomic E-state index is 13.7. The molecule has 1 aromatic heterocycles. The quantitative estimate of drug-likeness (QED) is 0.206. The first-order valence-electron chi connectivity index (χ1n) is 12.9. The molecule has 2 aromatic rings. The zero-order valence-corrected chi connectivity index (χ0v) is 24.3. The molecule has 0 aliphatic rings. The van der Waals surface area contributed by atoms with Crippen molar-refractivity contribution < 1.29 is 27.5 Å². The molecule has 0 N–H and O–H groups in total. The number of nitrogens with zero attached hydrogens (tertiary/aromatic N) is 2. The summed E-state index contributed by atoms with van der Waals surface area (Å²) in [6.45, 7) is 16.5. The highest BCUT2D eigenvalue weighted by molar-refractivity contribution is 7.89. The van der Waals surface area contributed by atoms with Crippen LogP contribution in [0, 0.1) is 13.8 Å². The number of Topliss-reactive ketones (excluding diaryl/α,β-unsaturated/α-hetero) is 1. The van der Waals surface area contributed by atoms with Crippen LogP contribution in [-0.2, 0) is 31.5 Å². The number of carbonyl (C=O) groups is 2. The van der Waals surface area contributed by atoms with Crippen LogP contribution in [0.4, 0.5) is 0 Å². The van der Waals surface area contributed by atoms with E-state index in [2.05, 4.69) is 20.8 Å². The van der Waals surface area contributed by atoms with Gasteiger partial charge in [-0.3, -0.25) is 4.79 Å². The second-order valence-electron chi connectivity index (χ2n) is 9.99. The first kappa shape index (κ1) is 30.7. The van der Waals surface area contributed by atoms with Gasteiger partial charge in [0, 0.05) is 37.6 Å². The molecule has 2 rings (SSSR count). The standard InChI is InChI=1S/C28H42N2O6S/c1-9-30-21(5)25(20(4)26(30)27(32)36-11-3)24(31)19-29(17-12-18-35-10-2)37(33,34)23-15-13-22(14-16-23)28(6,7)8/h13-16H,9-12,17-19H2,1-8H3. The molecule has 0 atom stereocenters. The van der Waals surface area contributed by atoms with Crippen molar-refractivity contribution in [1.29, 1.82) is 0 Å². The van der Waals surface area contributed by atoms with Crippen LogP contribution < -0.4 is 0 Å². The van der Waals surface area contributed by atoms with E-state index in [-0.39, 0.29) is 35.8 Å². The average molecular weight is 535 g/mol. The summed E-state index contributed by atoms with van der Waals surface area (Å²) in [5.41, 5.74) is 2.71. The summed E-state index contributed by atoms with van der Waals surface area (Å²) in [5.74, 6) is -0.858. The van der Waals surface area contributed by atoms with Gasteiger partial charge in [0.05, 0.1) is 18.0 Å². The van der Waals surface area contributed by atoms with Crippen LogP contribution in [-0.4, -0.2) is 62.0 Å². The molecule has 0 fully saturated rings. The van der Waals surface area contributed by atoms with Crippen molar-refractivity contribution in [2.24, 2.45) is 0 Å². The fourth-order valence-electron chi connectivity index (χ4n) is 4.45. The topological polar surface area (TPSA) is 94.9 Å². The molecule has 0 spiro atoms. The van der Waals surface area contributed by atoms with Crippen LogP contribution in [0.3, 0.4) is 0 Å². The van der Waals surface area contributed by atoms with Gasteiger partial charge >= 0.3 is 5.97 Å². The Hall–Kier alpha value is -2.49. The van der Waals surface area contributed by atoms with Crippen molar-refractivity contribution in [2.75, 3.05) is 32.9 Å². The lowest BCUT2D eigenvalue weighted by Crippen LogP contribution is -2.37. The molecule has 1 heterocycles. The average Bonchev–Trinajstić information content (AvgIpc) is 3.09. The van der Waals surface area contributed by atoms with Crippen molar-refractivity contribution in [1.82, 2.24) is 8.87 Å². The lowest BCUT2D eigenvalue weighted by Gasteiger charge is -2.23. The zero-order valence-electron chi connectivity index (χ0n) is 23.5. The number of aromatic nitrogens is 1. The molecule has 0 bridgehead atoms. The second kappa shape index (κ2) is 12.8. The second-order valence-corrected chi connectivity index (χ2v) is 11.9. The van der Waals surface area contributed by atoms with E-state index in [1.165, 1.54) is 4.31 Å². The molecule has 0 saturated heterocycles. The summed E-state index contributed by atoms with van der Waals surface area (Å²) in [6, 6.07) is 6.82. The number of benzene rings is 1. The van der Waals surface area contributed by atoms with Gasteiger partial charge in [-0.25, -0.2) is 13.2 Å². The highest BCUT2D eigenvalue weighted by Gasteiger charge is 2.31. The summed E-state index contributed by atoms with van der Waals surface area (Å²) < 4.78 is 40.9. The predicted octanol–water partition coefficient (Wildman–Crippen LogP) is 4.90. The Morgan fingerprint density at radius 3 is 2.14 bits per heavy atom. The monoisotopic (exact) mass is 534 g/mol. The predicted molar refractivity (Wildman–Crippen MR) is 145 cm³/mol. The van der Waals surface area contributed by atoms with Crippen LogP contribution in [0.25, 0.3) is 0 Å². The van der Waals surface area contributed by atoms with Gasteiger partial charge in [-0.15, -0.1) is 0 Å². The molecule has 206 valence electrons. The Morgan fingerprint density at radius 2 is 1.62 bits per heavy atom. The highest BCUT2D eigenvalue weighted by atomic mass is 32.2. The summed E-state index contributed by atoms with van der Waals surface area (Å²) >= 11 is 0. The molecular weight excluding hydrogens is 492 g/mol. The summed E-state index contributed by atoms with van der Waals surface area (Å²) in [4.78, 5) is 26.4. The van der Waals surface area contributed by atoms with Crippen LogP contribution >= 0.6 is 0 Å². The van der Waals surface area contributed by atoms with E-state index in [9.17, 15) is 18.0 Å². The third-order valence-corrected chi connectivity index (χ3v) is 8.27. The van der Waals surface area contributed by atoms with E-state index in [0.717, 1.165) is 5.56 Å². The fraction of sp³-hybridized carbons (Fsp3) is 0.571. The molecule has 37 heavy (non-hydrogen) atoms. The number of hydrogen-bond donors (Lipinski definition) is 0. The maximum Gasteiger partial charge on any atom is 0.355 e. The van der Waals surface area contributed by atoms with Gasteiger partial charge in [-0.2, -0.15) is 4.31 Å². The molecule has 0 aliphatic carbocycles. The molecule has 1 aromatic carbocycles. The van der Waals surface area contributed by atoms with Gasteiger partial charge < -0.3 is 14.0 Å². The van der Waals surface area contributed by atoms with Crippen LogP contribution in [0.5, 0.6) is 0 Å².